The van der Waals surface area contributed by atoms with Crippen molar-refractivity contribution in [3.05, 3.63) is 53.2 Å². The highest BCUT2D eigenvalue weighted by atomic mass is 19.1. The summed E-state index contributed by atoms with van der Waals surface area (Å²) in [6.07, 6.45) is 0. The van der Waals surface area contributed by atoms with Gasteiger partial charge in [0.15, 0.2) is 0 Å². The fraction of sp³-hybridized carbons (Fsp3) is 0.375. The minimum absolute atomic E-state index is 0.217. The molecule has 2 rings (SSSR count). The molecule has 0 radical (unpaired) electrons. The normalized spacial score (nSPS) is 10.8. The highest BCUT2D eigenvalue weighted by molar-refractivity contribution is 5.47. The van der Waals surface area contributed by atoms with E-state index in [2.05, 4.69) is 12.2 Å². The predicted molar refractivity (Wildman–Crippen MR) is 79.3 cm³/mol. The fourth-order valence-corrected chi connectivity index (χ4v) is 2.18. The number of benzene rings is 1. The maximum absolute atomic E-state index is 13.7. The molecule has 4 heteroatoms. The Morgan fingerprint density at radius 2 is 2.05 bits per heavy atom. The summed E-state index contributed by atoms with van der Waals surface area (Å²) < 4.78 is 19.5. The molecule has 0 aliphatic rings. The third kappa shape index (κ3) is 3.39. The molecular weight excluding hydrogens is 255 g/mol. The monoisotopic (exact) mass is 276 g/mol. The van der Waals surface area contributed by atoms with E-state index in [0.717, 1.165) is 30.2 Å². The summed E-state index contributed by atoms with van der Waals surface area (Å²) in [6.45, 7) is 6.31. The molecule has 1 aromatic heterocycles. The number of anilines is 1. The van der Waals surface area contributed by atoms with Crippen LogP contribution in [0.1, 0.15) is 24.0 Å². The molecule has 0 aliphatic heterocycles. The van der Waals surface area contributed by atoms with E-state index in [4.69, 9.17) is 4.42 Å². The van der Waals surface area contributed by atoms with E-state index in [-0.39, 0.29) is 5.82 Å². The average molecular weight is 276 g/mol. The Labute approximate surface area is 119 Å². The molecule has 0 unspecified atom stereocenters. The van der Waals surface area contributed by atoms with Crippen LogP contribution in [0.25, 0.3) is 0 Å². The lowest BCUT2D eigenvalue weighted by molar-refractivity contribution is 0.476. The van der Waals surface area contributed by atoms with Crippen LogP contribution in [0.15, 0.2) is 34.7 Å². The molecule has 108 valence electrons. The number of nitrogens with zero attached hydrogens (tertiary/aromatic N) is 1. The Morgan fingerprint density at radius 3 is 2.75 bits per heavy atom. The zero-order valence-electron chi connectivity index (χ0n) is 12.2. The third-order valence-electron chi connectivity index (χ3n) is 3.29. The van der Waals surface area contributed by atoms with Gasteiger partial charge in [0.2, 0.25) is 0 Å². The number of nitrogens with one attached hydrogen (secondary N) is 1. The summed E-state index contributed by atoms with van der Waals surface area (Å²) in [6, 6.07) is 8.80. The lowest BCUT2D eigenvalue weighted by Gasteiger charge is -2.18. The smallest absolute Gasteiger partial charge is 0.146 e. The zero-order chi connectivity index (χ0) is 14.5. The van der Waals surface area contributed by atoms with Crippen LogP contribution in [-0.4, -0.2) is 13.6 Å². The molecule has 20 heavy (non-hydrogen) atoms. The first-order valence-corrected chi connectivity index (χ1v) is 6.86. The van der Waals surface area contributed by atoms with Crippen LogP contribution in [0.5, 0.6) is 0 Å². The average Bonchev–Trinajstić information content (AvgIpc) is 2.76. The van der Waals surface area contributed by atoms with Crippen molar-refractivity contribution < 1.29 is 8.81 Å². The number of rotatable bonds is 6. The molecule has 0 fully saturated rings. The molecule has 0 bridgehead atoms. The summed E-state index contributed by atoms with van der Waals surface area (Å²) >= 11 is 0. The topological polar surface area (TPSA) is 28.4 Å². The molecule has 1 heterocycles. The van der Waals surface area contributed by atoms with Gasteiger partial charge in [-0.15, -0.1) is 0 Å². The van der Waals surface area contributed by atoms with Gasteiger partial charge in [0, 0.05) is 19.2 Å². The van der Waals surface area contributed by atoms with Gasteiger partial charge in [-0.1, -0.05) is 19.1 Å². The summed E-state index contributed by atoms with van der Waals surface area (Å²) in [4.78, 5) is 1.85. The van der Waals surface area contributed by atoms with Crippen LogP contribution >= 0.6 is 0 Å². The van der Waals surface area contributed by atoms with Gasteiger partial charge in [-0.05, 0) is 31.7 Å². The summed E-state index contributed by atoms with van der Waals surface area (Å²) in [5.41, 5.74) is 1.73. The Morgan fingerprint density at radius 1 is 1.30 bits per heavy atom. The fourth-order valence-electron chi connectivity index (χ4n) is 2.18. The lowest BCUT2D eigenvalue weighted by atomic mass is 10.2. The number of aryl methyl sites for hydroxylation is 1. The van der Waals surface area contributed by atoms with E-state index in [1.165, 1.54) is 6.07 Å². The van der Waals surface area contributed by atoms with Gasteiger partial charge in [-0.2, -0.15) is 0 Å². The standard InChI is InChI=1S/C16H21FN2O/c1-4-18-10-13-9-14(20-12(13)2)11-19(3)16-8-6-5-7-15(16)17/h5-9,18H,4,10-11H2,1-3H3. The maximum Gasteiger partial charge on any atom is 0.146 e. The minimum Gasteiger partial charge on any atom is -0.464 e. The van der Waals surface area contributed by atoms with Crippen molar-refractivity contribution in [1.82, 2.24) is 5.32 Å². The molecule has 0 amide bonds. The SMILES string of the molecule is CCNCc1cc(CN(C)c2ccccc2F)oc1C. The van der Waals surface area contributed by atoms with Crippen molar-refractivity contribution in [2.75, 3.05) is 18.5 Å². The predicted octanol–water partition coefficient (Wildman–Crippen LogP) is 3.47. The van der Waals surface area contributed by atoms with Crippen LogP contribution < -0.4 is 10.2 Å². The van der Waals surface area contributed by atoms with Gasteiger partial charge >= 0.3 is 0 Å². The van der Waals surface area contributed by atoms with E-state index in [1.54, 1.807) is 12.1 Å². The first-order chi connectivity index (χ1) is 9.61. The van der Waals surface area contributed by atoms with Crippen molar-refractivity contribution in [2.24, 2.45) is 0 Å². The van der Waals surface area contributed by atoms with E-state index in [9.17, 15) is 4.39 Å². The molecule has 2 aromatic rings. The highest BCUT2D eigenvalue weighted by Crippen LogP contribution is 2.21. The van der Waals surface area contributed by atoms with Gasteiger partial charge in [0.25, 0.3) is 0 Å². The van der Waals surface area contributed by atoms with Crippen molar-refractivity contribution >= 4 is 5.69 Å². The molecule has 0 aliphatic carbocycles. The van der Waals surface area contributed by atoms with Crippen molar-refractivity contribution in [2.45, 2.75) is 26.9 Å². The van der Waals surface area contributed by atoms with Crippen LogP contribution in [-0.2, 0) is 13.1 Å². The molecule has 0 saturated heterocycles. The maximum atomic E-state index is 13.7. The second-order valence-corrected chi connectivity index (χ2v) is 4.88. The van der Waals surface area contributed by atoms with Crippen LogP contribution in [0.4, 0.5) is 10.1 Å². The van der Waals surface area contributed by atoms with Gasteiger partial charge < -0.3 is 14.6 Å². The summed E-state index contributed by atoms with van der Waals surface area (Å²) in [5.74, 6) is 1.55. The number of halogens is 1. The number of furan rings is 1. The Kier molecular flexibility index (Phi) is 4.79. The molecule has 1 N–H and O–H groups in total. The van der Waals surface area contributed by atoms with Gasteiger partial charge in [0.1, 0.15) is 17.3 Å². The van der Waals surface area contributed by atoms with Crippen molar-refractivity contribution in [3.8, 4) is 0 Å². The molecular formula is C16H21FN2O. The van der Waals surface area contributed by atoms with Gasteiger partial charge in [0.05, 0.1) is 12.2 Å². The molecule has 0 saturated carbocycles. The summed E-state index contributed by atoms with van der Waals surface area (Å²) in [5, 5.41) is 3.28. The Balaban J connectivity index is 2.08. The Bertz CT molecular complexity index is 565. The quantitative estimate of drug-likeness (QED) is 0.875. The number of hydrogen-bond donors (Lipinski definition) is 1. The largest absolute Gasteiger partial charge is 0.464 e. The molecule has 1 aromatic carbocycles. The minimum atomic E-state index is -0.217. The van der Waals surface area contributed by atoms with E-state index < -0.39 is 0 Å². The number of hydrogen-bond acceptors (Lipinski definition) is 3. The highest BCUT2D eigenvalue weighted by Gasteiger charge is 2.11. The van der Waals surface area contributed by atoms with Crippen molar-refractivity contribution in [3.63, 3.8) is 0 Å². The van der Waals surface area contributed by atoms with E-state index in [0.29, 0.717) is 12.2 Å². The summed E-state index contributed by atoms with van der Waals surface area (Å²) in [7, 11) is 1.86. The molecule has 3 nitrogen and oxygen atoms in total. The first-order valence-electron chi connectivity index (χ1n) is 6.86. The van der Waals surface area contributed by atoms with Crippen molar-refractivity contribution in [1.29, 1.82) is 0 Å². The van der Waals surface area contributed by atoms with Gasteiger partial charge in [-0.25, -0.2) is 4.39 Å². The first kappa shape index (κ1) is 14.6. The Hall–Kier alpha value is -1.81. The van der Waals surface area contributed by atoms with E-state index in [1.807, 2.05) is 31.0 Å². The van der Waals surface area contributed by atoms with Crippen LogP contribution in [0.3, 0.4) is 0 Å². The van der Waals surface area contributed by atoms with E-state index >= 15 is 0 Å². The van der Waals surface area contributed by atoms with Crippen LogP contribution in [0.2, 0.25) is 0 Å². The number of para-hydroxylation sites is 1. The second kappa shape index (κ2) is 6.57. The molecule has 0 atom stereocenters. The molecule has 0 spiro atoms. The van der Waals surface area contributed by atoms with Crippen LogP contribution in [0, 0.1) is 12.7 Å². The van der Waals surface area contributed by atoms with Gasteiger partial charge in [-0.3, -0.25) is 0 Å². The third-order valence-corrected chi connectivity index (χ3v) is 3.29. The lowest BCUT2D eigenvalue weighted by Crippen LogP contribution is -2.17. The second-order valence-electron chi connectivity index (χ2n) is 4.88. The zero-order valence-corrected chi connectivity index (χ0v) is 12.2.